The van der Waals surface area contributed by atoms with Gasteiger partial charge in [-0.05, 0) is 35.9 Å². The van der Waals surface area contributed by atoms with E-state index in [2.05, 4.69) is 5.16 Å². The van der Waals surface area contributed by atoms with Crippen molar-refractivity contribution in [2.45, 2.75) is 6.61 Å². The number of carbonyl (C=O) groups is 1. The number of oxime groups is 1. The lowest BCUT2D eigenvalue weighted by molar-refractivity contribution is -0.136. The minimum absolute atomic E-state index is 0.187. The molecule has 1 heterocycles. The van der Waals surface area contributed by atoms with Gasteiger partial charge in [0, 0.05) is 21.2 Å². The molecule has 1 aliphatic rings. The van der Waals surface area contributed by atoms with Crippen molar-refractivity contribution < 1.29 is 19.1 Å². The molecule has 7 heteroatoms. The van der Waals surface area contributed by atoms with Crippen LogP contribution in [0.2, 0.25) is 10.0 Å². The third-order valence-electron chi connectivity index (χ3n) is 4.67. The van der Waals surface area contributed by atoms with Gasteiger partial charge in [-0.25, -0.2) is 4.79 Å². The lowest BCUT2D eigenvalue weighted by atomic mass is 10.0. The van der Waals surface area contributed by atoms with E-state index in [9.17, 15) is 4.79 Å². The Morgan fingerprint density at radius 1 is 0.968 bits per heavy atom. The predicted molar refractivity (Wildman–Crippen MR) is 121 cm³/mol. The molecule has 0 saturated heterocycles. The summed E-state index contributed by atoms with van der Waals surface area (Å²) >= 11 is 12.4. The van der Waals surface area contributed by atoms with Gasteiger partial charge < -0.3 is 14.3 Å². The molecule has 0 fully saturated rings. The maximum absolute atomic E-state index is 12.2. The van der Waals surface area contributed by atoms with Crippen LogP contribution in [0.4, 0.5) is 0 Å². The van der Waals surface area contributed by atoms with Gasteiger partial charge >= 0.3 is 5.97 Å². The van der Waals surface area contributed by atoms with Crippen molar-refractivity contribution in [3.63, 3.8) is 0 Å². The Labute approximate surface area is 189 Å². The SMILES string of the molecule is COc1cc(/C=C2/C(=O)ON=C2c2ccccc2)ccc1OCc1c(Cl)cccc1Cl. The minimum atomic E-state index is -0.508. The van der Waals surface area contributed by atoms with E-state index in [-0.39, 0.29) is 6.61 Å². The van der Waals surface area contributed by atoms with Gasteiger partial charge in [0.05, 0.1) is 12.7 Å². The maximum Gasteiger partial charge on any atom is 0.368 e. The predicted octanol–water partition coefficient (Wildman–Crippen LogP) is 5.93. The topological polar surface area (TPSA) is 57.1 Å². The highest BCUT2D eigenvalue weighted by molar-refractivity contribution is 6.36. The third kappa shape index (κ3) is 4.58. The molecule has 4 rings (SSSR count). The molecule has 0 amide bonds. The lowest BCUT2D eigenvalue weighted by Crippen LogP contribution is -2.06. The van der Waals surface area contributed by atoms with Crippen LogP contribution in [0.15, 0.2) is 77.5 Å². The average molecular weight is 454 g/mol. The lowest BCUT2D eigenvalue weighted by Gasteiger charge is -2.13. The molecule has 0 saturated carbocycles. The zero-order valence-electron chi connectivity index (χ0n) is 16.5. The van der Waals surface area contributed by atoms with E-state index in [1.54, 1.807) is 43.5 Å². The Bertz CT molecular complexity index is 1170. The van der Waals surface area contributed by atoms with Gasteiger partial charge in [-0.2, -0.15) is 0 Å². The first kappa shape index (κ1) is 21.0. The third-order valence-corrected chi connectivity index (χ3v) is 5.38. The van der Waals surface area contributed by atoms with Gasteiger partial charge in [0.15, 0.2) is 11.5 Å². The number of hydrogen-bond acceptors (Lipinski definition) is 5. The molecule has 1 aliphatic heterocycles. The van der Waals surface area contributed by atoms with Gasteiger partial charge in [0.25, 0.3) is 0 Å². The second-order valence-electron chi connectivity index (χ2n) is 6.64. The van der Waals surface area contributed by atoms with Crippen LogP contribution in [0, 0.1) is 0 Å². The van der Waals surface area contributed by atoms with Gasteiger partial charge in [-0.1, -0.05) is 70.8 Å². The Morgan fingerprint density at radius 2 is 1.71 bits per heavy atom. The molecular weight excluding hydrogens is 437 g/mol. The largest absolute Gasteiger partial charge is 0.493 e. The van der Waals surface area contributed by atoms with Gasteiger partial charge in [0.2, 0.25) is 0 Å². The van der Waals surface area contributed by atoms with Crippen molar-refractivity contribution in [3.8, 4) is 11.5 Å². The van der Waals surface area contributed by atoms with Gasteiger partial charge in [-0.3, -0.25) is 0 Å². The van der Waals surface area contributed by atoms with E-state index >= 15 is 0 Å². The summed E-state index contributed by atoms with van der Waals surface area (Å²) in [5, 5.41) is 4.98. The van der Waals surface area contributed by atoms with Gasteiger partial charge in [-0.15, -0.1) is 0 Å². The smallest absolute Gasteiger partial charge is 0.368 e. The standard InChI is InChI=1S/C24H17Cl2NO4/c1-29-22-13-15(10-11-21(22)30-14-18-19(25)8-5-9-20(18)26)12-17-23(27-31-24(17)28)16-6-3-2-4-7-16/h2-13H,14H2,1H3/b17-12+. The number of halogens is 2. The molecule has 5 nitrogen and oxygen atoms in total. The Balaban J connectivity index is 1.59. The zero-order chi connectivity index (χ0) is 21.8. The normalized spacial score (nSPS) is 14.4. The highest BCUT2D eigenvalue weighted by atomic mass is 35.5. The van der Waals surface area contributed by atoms with Crippen molar-refractivity contribution in [2.24, 2.45) is 5.16 Å². The molecule has 0 unspecified atom stereocenters. The first-order valence-corrected chi connectivity index (χ1v) is 10.1. The summed E-state index contributed by atoms with van der Waals surface area (Å²) in [6, 6.07) is 20.0. The van der Waals surface area contributed by atoms with Crippen LogP contribution in [0.25, 0.3) is 6.08 Å². The summed E-state index contributed by atoms with van der Waals surface area (Å²) < 4.78 is 11.4. The van der Waals surface area contributed by atoms with Crippen molar-refractivity contribution >= 4 is 41.0 Å². The molecule has 31 heavy (non-hydrogen) atoms. The van der Waals surface area contributed by atoms with Crippen LogP contribution in [0.3, 0.4) is 0 Å². The Morgan fingerprint density at radius 3 is 2.42 bits per heavy atom. The Kier molecular flexibility index (Phi) is 6.26. The second-order valence-corrected chi connectivity index (χ2v) is 7.46. The minimum Gasteiger partial charge on any atom is -0.493 e. The molecule has 0 radical (unpaired) electrons. The molecule has 0 aliphatic carbocycles. The number of carbonyl (C=O) groups excluding carboxylic acids is 1. The van der Waals surface area contributed by atoms with E-state index in [0.29, 0.717) is 38.4 Å². The van der Waals surface area contributed by atoms with E-state index in [1.807, 2.05) is 36.4 Å². The molecule has 0 atom stereocenters. The zero-order valence-corrected chi connectivity index (χ0v) is 18.0. The fourth-order valence-electron chi connectivity index (χ4n) is 3.09. The van der Waals surface area contributed by atoms with E-state index < -0.39 is 5.97 Å². The second kappa shape index (κ2) is 9.25. The van der Waals surface area contributed by atoms with E-state index in [1.165, 1.54) is 0 Å². The number of ether oxygens (including phenoxy) is 2. The number of nitrogens with zero attached hydrogens (tertiary/aromatic N) is 1. The average Bonchev–Trinajstić information content (AvgIpc) is 3.14. The Hall–Kier alpha value is -3.28. The van der Waals surface area contributed by atoms with Crippen LogP contribution < -0.4 is 9.47 Å². The van der Waals surface area contributed by atoms with Gasteiger partial charge in [0.1, 0.15) is 12.3 Å². The number of hydrogen-bond donors (Lipinski definition) is 0. The maximum atomic E-state index is 12.2. The molecular formula is C24H17Cl2NO4. The number of rotatable bonds is 6. The fourth-order valence-corrected chi connectivity index (χ4v) is 3.60. The summed E-state index contributed by atoms with van der Waals surface area (Å²) in [4.78, 5) is 17.1. The van der Waals surface area contributed by atoms with E-state index in [0.717, 1.165) is 11.1 Å². The quantitative estimate of drug-likeness (QED) is 0.343. The molecule has 0 spiro atoms. The molecule has 0 bridgehead atoms. The highest BCUT2D eigenvalue weighted by Crippen LogP contribution is 2.32. The molecule has 0 aromatic heterocycles. The van der Waals surface area contributed by atoms with Crippen LogP contribution in [0.1, 0.15) is 16.7 Å². The van der Waals surface area contributed by atoms with Crippen molar-refractivity contribution in [2.75, 3.05) is 7.11 Å². The highest BCUT2D eigenvalue weighted by Gasteiger charge is 2.26. The van der Waals surface area contributed by atoms with Crippen LogP contribution in [0.5, 0.6) is 11.5 Å². The van der Waals surface area contributed by atoms with Crippen molar-refractivity contribution in [1.29, 1.82) is 0 Å². The number of benzene rings is 3. The summed E-state index contributed by atoms with van der Waals surface area (Å²) in [6.07, 6.45) is 1.71. The molecule has 3 aromatic rings. The summed E-state index contributed by atoms with van der Waals surface area (Å²) in [6.45, 7) is 0.187. The first-order chi connectivity index (χ1) is 15.1. The molecule has 156 valence electrons. The molecule has 0 N–H and O–H groups in total. The van der Waals surface area contributed by atoms with Crippen LogP contribution in [-0.4, -0.2) is 18.8 Å². The fraction of sp³-hybridized carbons (Fsp3) is 0.0833. The van der Waals surface area contributed by atoms with E-state index in [4.69, 9.17) is 37.5 Å². The van der Waals surface area contributed by atoms with Crippen LogP contribution in [-0.2, 0) is 16.2 Å². The van der Waals surface area contributed by atoms with Crippen molar-refractivity contribution in [1.82, 2.24) is 0 Å². The van der Waals surface area contributed by atoms with Crippen molar-refractivity contribution in [3.05, 3.63) is 99.0 Å². The number of methoxy groups -OCH3 is 1. The molecule has 3 aromatic carbocycles. The summed E-state index contributed by atoms with van der Waals surface area (Å²) in [5.74, 6) is 0.514. The first-order valence-electron chi connectivity index (χ1n) is 9.37. The summed E-state index contributed by atoms with van der Waals surface area (Å²) in [5.41, 5.74) is 3.07. The monoisotopic (exact) mass is 453 g/mol. The van der Waals surface area contributed by atoms with Crippen LogP contribution >= 0.6 is 23.2 Å². The summed E-state index contributed by atoms with van der Waals surface area (Å²) in [7, 11) is 1.54.